The number of halogens is 1. The molecule has 3 rings (SSSR count). The van der Waals surface area contributed by atoms with Crippen molar-refractivity contribution in [2.75, 3.05) is 26.2 Å². The Morgan fingerprint density at radius 2 is 1.88 bits per heavy atom. The van der Waals surface area contributed by atoms with E-state index in [1.54, 1.807) is 0 Å². The third-order valence-electron chi connectivity index (χ3n) is 5.18. The molecule has 5 nitrogen and oxygen atoms in total. The number of piperidine rings is 1. The Balaban J connectivity index is 0.00000243. The van der Waals surface area contributed by atoms with E-state index in [0.717, 1.165) is 69.9 Å². The molecule has 146 valence electrons. The molecule has 6 heteroatoms. The van der Waals surface area contributed by atoms with Crippen LogP contribution < -0.4 is 10.1 Å². The lowest BCUT2D eigenvalue weighted by molar-refractivity contribution is 0.0569. The quantitative estimate of drug-likeness (QED) is 0.391. The van der Waals surface area contributed by atoms with Gasteiger partial charge in [-0.25, -0.2) is 0 Å². The van der Waals surface area contributed by atoms with Crippen LogP contribution in [0, 0.1) is 0 Å². The average Bonchev–Trinajstić information content (AvgIpc) is 3.07. The van der Waals surface area contributed by atoms with Gasteiger partial charge in [0.1, 0.15) is 11.9 Å². The van der Waals surface area contributed by atoms with E-state index in [4.69, 9.17) is 9.73 Å². The van der Waals surface area contributed by atoms with Gasteiger partial charge in [-0.3, -0.25) is 4.99 Å². The summed E-state index contributed by atoms with van der Waals surface area (Å²) in [5, 5.41) is 13.9. The third kappa shape index (κ3) is 6.01. The molecule has 1 aliphatic carbocycles. The standard InChI is InChI=1S/C20H31N3O2.HI/c1-2-21-19(22-16-20(24)12-6-7-13-20)23-14-10-18(11-15-23)25-17-8-4-3-5-9-17;/h3-5,8-9,18,24H,2,6-7,10-16H2,1H3,(H,21,22);1H. The van der Waals surface area contributed by atoms with Crippen molar-refractivity contribution in [1.82, 2.24) is 10.2 Å². The van der Waals surface area contributed by atoms with E-state index >= 15 is 0 Å². The van der Waals surface area contributed by atoms with E-state index in [9.17, 15) is 5.11 Å². The van der Waals surface area contributed by atoms with Crippen LogP contribution >= 0.6 is 24.0 Å². The van der Waals surface area contributed by atoms with Crippen molar-refractivity contribution in [1.29, 1.82) is 0 Å². The number of nitrogens with one attached hydrogen (secondary N) is 1. The predicted octanol–water partition coefficient (Wildman–Crippen LogP) is 3.42. The number of guanidine groups is 1. The highest BCUT2D eigenvalue weighted by Gasteiger charge is 2.31. The Morgan fingerprint density at radius 1 is 1.23 bits per heavy atom. The number of nitrogens with zero attached hydrogens (tertiary/aromatic N) is 2. The summed E-state index contributed by atoms with van der Waals surface area (Å²) in [6.45, 7) is 5.31. The van der Waals surface area contributed by atoms with Crippen molar-refractivity contribution in [2.45, 2.75) is 57.2 Å². The number of likely N-dealkylation sites (tertiary alicyclic amines) is 1. The molecule has 0 atom stereocenters. The molecule has 26 heavy (non-hydrogen) atoms. The van der Waals surface area contributed by atoms with Crippen LogP contribution in [0.1, 0.15) is 45.4 Å². The normalized spacial score (nSPS) is 20.5. The molecule has 0 radical (unpaired) electrons. The Labute approximate surface area is 174 Å². The number of aliphatic hydroxyl groups is 1. The van der Waals surface area contributed by atoms with Crippen molar-refractivity contribution >= 4 is 29.9 Å². The van der Waals surface area contributed by atoms with Crippen LogP contribution in [0.5, 0.6) is 5.75 Å². The summed E-state index contributed by atoms with van der Waals surface area (Å²) in [6.07, 6.45) is 6.23. The summed E-state index contributed by atoms with van der Waals surface area (Å²) in [4.78, 5) is 7.04. The fraction of sp³-hybridized carbons (Fsp3) is 0.650. The molecule has 1 saturated carbocycles. The zero-order valence-electron chi connectivity index (χ0n) is 15.7. The van der Waals surface area contributed by atoms with Gasteiger partial charge in [-0.1, -0.05) is 31.0 Å². The van der Waals surface area contributed by atoms with Gasteiger partial charge in [0, 0.05) is 32.5 Å². The molecular formula is C20H32IN3O2. The fourth-order valence-corrected chi connectivity index (χ4v) is 3.72. The lowest BCUT2D eigenvalue weighted by Crippen LogP contribution is -2.48. The smallest absolute Gasteiger partial charge is 0.194 e. The first-order valence-electron chi connectivity index (χ1n) is 9.66. The zero-order chi connectivity index (χ0) is 17.5. The summed E-state index contributed by atoms with van der Waals surface area (Å²) < 4.78 is 6.07. The molecule has 0 spiro atoms. The molecule has 0 unspecified atom stereocenters. The molecule has 0 aromatic heterocycles. The van der Waals surface area contributed by atoms with Crippen LogP contribution in [-0.2, 0) is 0 Å². The zero-order valence-corrected chi connectivity index (χ0v) is 18.0. The number of rotatable bonds is 5. The van der Waals surface area contributed by atoms with E-state index in [1.807, 2.05) is 30.3 Å². The fourth-order valence-electron chi connectivity index (χ4n) is 3.72. The monoisotopic (exact) mass is 473 g/mol. The lowest BCUT2D eigenvalue weighted by Gasteiger charge is -2.34. The second-order valence-corrected chi connectivity index (χ2v) is 7.22. The summed E-state index contributed by atoms with van der Waals surface area (Å²) >= 11 is 0. The summed E-state index contributed by atoms with van der Waals surface area (Å²) in [5.74, 6) is 1.88. The first-order chi connectivity index (χ1) is 12.2. The topological polar surface area (TPSA) is 57.1 Å². The molecule has 2 aliphatic rings. The maximum Gasteiger partial charge on any atom is 0.194 e. The molecule has 1 aliphatic heterocycles. The molecule has 2 N–H and O–H groups in total. The Bertz CT molecular complexity index is 553. The first kappa shape index (κ1) is 21.3. The van der Waals surface area contributed by atoms with Crippen LogP contribution in [0.2, 0.25) is 0 Å². The predicted molar refractivity (Wildman–Crippen MR) is 116 cm³/mol. The number of benzene rings is 1. The molecule has 1 saturated heterocycles. The maximum atomic E-state index is 10.5. The van der Waals surface area contributed by atoms with E-state index in [-0.39, 0.29) is 30.1 Å². The minimum atomic E-state index is -0.588. The van der Waals surface area contributed by atoms with E-state index in [1.165, 1.54) is 0 Å². The third-order valence-corrected chi connectivity index (χ3v) is 5.18. The molecule has 2 fully saturated rings. The van der Waals surface area contributed by atoms with Crippen molar-refractivity contribution in [3.63, 3.8) is 0 Å². The molecule has 1 aromatic rings. The van der Waals surface area contributed by atoms with Gasteiger partial charge in [0.2, 0.25) is 0 Å². The minimum Gasteiger partial charge on any atom is -0.490 e. The number of para-hydroxylation sites is 1. The van der Waals surface area contributed by atoms with Gasteiger partial charge in [-0.2, -0.15) is 0 Å². The second kappa shape index (κ2) is 10.3. The number of hydrogen-bond acceptors (Lipinski definition) is 3. The van der Waals surface area contributed by atoms with Gasteiger partial charge in [0.05, 0.1) is 12.1 Å². The highest BCUT2D eigenvalue weighted by atomic mass is 127. The van der Waals surface area contributed by atoms with Crippen LogP contribution in [0.3, 0.4) is 0 Å². The Kier molecular flexibility index (Phi) is 8.47. The number of ether oxygens (including phenoxy) is 1. The van der Waals surface area contributed by atoms with Gasteiger partial charge >= 0.3 is 0 Å². The van der Waals surface area contributed by atoms with Crippen LogP contribution in [0.4, 0.5) is 0 Å². The largest absolute Gasteiger partial charge is 0.490 e. The minimum absolute atomic E-state index is 0. The van der Waals surface area contributed by atoms with Crippen LogP contribution in [0.15, 0.2) is 35.3 Å². The van der Waals surface area contributed by atoms with Gasteiger partial charge in [-0.05, 0) is 31.9 Å². The molecule has 0 bridgehead atoms. The molecule has 0 amide bonds. The summed E-state index contributed by atoms with van der Waals surface area (Å²) in [7, 11) is 0. The first-order valence-corrected chi connectivity index (χ1v) is 9.66. The lowest BCUT2D eigenvalue weighted by atomic mass is 10.0. The van der Waals surface area contributed by atoms with Crippen molar-refractivity contribution in [3.05, 3.63) is 30.3 Å². The van der Waals surface area contributed by atoms with E-state index < -0.39 is 5.60 Å². The summed E-state index contributed by atoms with van der Waals surface area (Å²) in [5.41, 5.74) is -0.588. The van der Waals surface area contributed by atoms with Crippen molar-refractivity contribution in [2.24, 2.45) is 4.99 Å². The Hall–Kier alpha value is -1.02. The molecule has 1 heterocycles. The molecule has 1 aromatic carbocycles. The Morgan fingerprint density at radius 3 is 2.50 bits per heavy atom. The number of hydrogen-bond donors (Lipinski definition) is 2. The average molecular weight is 473 g/mol. The second-order valence-electron chi connectivity index (χ2n) is 7.22. The summed E-state index contributed by atoms with van der Waals surface area (Å²) in [6, 6.07) is 10.1. The highest BCUT2D eigenvalue weighted by molar-refractivity contribution is 14.0. The van der Waals surface area contributed by atoms with Crippen molar-refractivity contribution in [3.8, 4) is 5.75 Å². The van der Waals surface area contributed by atoms with Crippen LogP contribution in [0.25, 0.3) is 0 Å². The van der Waals surface area contributed by atoms with Gasteiger partial charge < -0.3 is 20.1 Å². The highest BCUT2D eigenvalue weighted by Crippen LogP contribution is 2.29. The van der Waals surface area contributed by atoms with Crippen LogP contribution in [-0.4, -0.2) is 53.9 Å². The number of aliphatic imine (C=N–C) groups is 1. The molecular weight excluding hydrogens is 441 g/mol. The van der Waals surface area contributed by atoms with E-state index in [2.05, 4.69) is 17.1 Å². The maximum absolute atomic E-state index is 10.5. The van der Waals surface area contributed by atoms with E-state index in [0.29, 0.717) is 6.54 Å². The van der Waals surface area contributed by atoms with Gasteiger partial charge in [0.25, 0.3) is 0 Å². The van der Waals surface area contributed by atoms with Gasteiger partial charge in [0.15, 0.2) is 5.96 Å². The van der Waals surface area contributed by atoms with Crippen molar-refractivity contribution < 1.29 is 9.84 Å². The SMILES string of the molecule is CCNC(=NCC1(O)CCCC1)N1CCC(Oc2ccccc2)CC1.I. The van der Waals surface area contributed by atoms with Gasteiger partial charge in [-0.15, -0.1) is 24.0 Å².